The lowest BCUT2D eigenvalue weighted by molar-refractivity contribution is -0.139. The van der Waals surface area contributed by atoms with Gasteiger partial charge in [-0.15, -0.1) is 12.4 Å². The normalized spacial score (nSPS) is 20.9. The lowest BCUT2D eigenvalue weighted by Crippen LogP contribution is -2.56. The molecule has 1 aromatic rings. The molecule has 2 aliphatic rings. The zero-order chi connectivity index (χ0) is 14.7. The molecule has 1 unspecified atom stereocenters. The summed E-state index contributed by atoms with van der Waals surface area (Å²) < 4.78 is 0. The summed E-state index contributed by atoms with van der Waals surface area (Å²) in [5.74, 6) is 0.475. The summed E-state index contributed by atoms with van der Waals surface area (Å²) in [6.07, 6.45) is -0.454. The number of nitrogens with one attached hydrogen (secondary N) is 1. The van der Waals surface area contributed by atoms with Gasteiger partial charge in [-0.1, -0.05) is 30.3 Å². The first-order valence-electron chi connectivity index (χ1n) is 7.69. The minimum atomic E-state index is -0.454. The van der Waals surface area contributed by atoms with Gasteiger partial charge in [-0.3, -0.25) is 9.69 Å². The molecule has 0 radical (unpaired) electrons. The van der Waals surface area contributed by atoms with Crippen molar-refractivity contribution in [2.45, 2.75) is 6.10 Å². The number of piperazine rings is 1. The Balaban J connectivity index is 0.00000176. The molecular formula is C16H24ClN3O2. The molecule has 1 aromatic carbocycles. The predicted molar refractivity (Wildman–Crippen MR) is 88.0 cm³/mol. The summed E-state index contributed by atoms with van der Waals surface area (Å²) in [5.41, 5.74) is 0.955. The number of nitrogens with zero attached hydrogens (tertiary/aromatic N) is 2. The van der Waals surface area contributed by atoms with Crippen molar-refractivity contribution in [2.75, 3.05) is 45.8 Å². The average Bonchev–Trinajstić information content (AvgIpc) is 2.47. The maximum Gasteiger partial charge on any atom is 0.228 e. The number of benzene rings is 1. The molecule has 1 atom stereocenters. The van der Waals surface area contributed by atoms with Crippen LogP contribution in [0.5, 0.6) is 0 Å². The third kappa shape index (κ3) is 3.98. The van der Waals surface area contributed by atoms with Gasteiger partial charge < -0.3 is 15.3 Å². The van der Waals surface area contributed by atoms with Gasteiger partial charge in [0.25, 0.3) is 0 Å². The van der Waals surface area contributed by atoms with Crippen LogP contribution in [-0.2, 0) is 4.79 Å². The van der Waals surface area contributed by atoms with Gasteiger partial charge in [-0.25, -0.2) is 0 Å². The number of aliphatic hydroxyl groups is 1. The molecule has 2 N–H and O–H groups in total. The van der Waals surface area contributed by atoms with E-state index in [1.807, 2.05) is 35.2 Å². The van der Waals surface area contributed by atoms with E-state index in [2.05, 4.69) is 10.2 Å². The van der Waals surface area contributed by atoms with Crippen molar-refractivity contribution in [1.29, 1.82) is 0 Å². The second-order valence-corrected chi connectivity index (χ2v) is 5.91. The van der Waals surface area contributed by atoms with Crippen molar-refractivity contribution < 1.29 is 9.90 Å². The largest absolute Gasteiger partial charge is 0.387 e. The van der Waals surface area contributed by atoms with E-state index in [9.17, 15) is 9.90 Å². The van der Waals surface area contributed by atoms with Gasteiger partial charge in [0.1, 0.15) is 0 Å². The van der Waals surface area contributed by atoms with Crippen LogP contribution in [-0.4, -0.2) is 66.6 Å². The minimum Gasteiger partial charge on any atom is -0.387 e. The molecule has 2 saturated heterocycles. The van der Waals surface area contributed by atoms with Gasteiger partial charge in [0.2, 0.25) is 5.91 Å². The number of aliphatic hydroxyl groups excluding tert-OH is 1. The number of hydrogen-bond acceptors (Lipinski definition) is 4. The number of carbonyl (C=O) groups is 1. The van der Waals surface area contributed by atoms with Crippen LogP contribution in [0.1, 0.15) is 11.7 Å². The predicted octanol–water partition coefficient (Wildman–Crippen LogP) is 0.505. The Hall–Kier alpha value is -1.14. The molecule has 0 aromatic heterocycles. The second kappa shape index (κ2) is 7.92. The molecule has 0 saturated carbocycles. The highest BCUT2D eigenvalue weighted by molar-refractivity contribution is 5.85. The van der Waals surface area contributed by atoms with Gasteiger partial charge in [0.15, 0.2) is 0 Å². The summed E-state index contributed by atoms with van der Waals surface area (Å²) in [4.78, 5) is 16.4. The maximum absolute atomic E-state index is 12.1. The summed E-state index contributed by atoms with van der Waals surface area (Å²) in [6, 6.07) is 9.75. The molecule has 5 nitrogen and oxygen atoms in total. The van der Waals surface area contributed by atoms with Crippen molar-refractivity contribution in [3.8, 4) is 0 Å². The Morgan fingerprint density at radius 3 is 2.36 bits per heavy atom. The smallest absolute Gasteiger partial charge is 0.228 e. The Kier molecular flexibility index (Phi) is 6.20. The molecule has 6 heteroatoms. The Bertz CT molecular complexity index is 474. The highest BCUT2D eigenvalue weighted by Crippen LogP contribution is 2.16. The standard InChI is InChI=1S/C16H23N3O2.ClH/c20-15(13-4-2-1-3-5-13)12-18-6-8-19(9-7-18)16(21)14-10-17-11-14;/h1-5,14-15,17,20H,6-12H2;1H. The van der Waals surface area contributed by atoms with Crippen molar-refractivity contribution in [3.63, 3.8) is 0 Å². The summed E-state index contributed by atoms with van der Waals surface area (Å²) in [7, 11) is 0. The van der Waals surface area contributed by atoms with Crippen LogP contribution < -0.4 is 5.32 Å². The van der Waals surface area contributed by atoms with Crippen molar-refractivity contribution >= 4 is 18.3 Å². The zero-order valence-corrected chi connectivity index (χ0v) is 13.5. The van der Waals surface area contributed by atoms with Crippen LogP contribution in [0.15, 0.2) is 30.3 Å². The summed E-state index contributed by atoms with van der Waals surface area (Å²) >= 11 is 0. The van der Waals surface area contributed by atoms with E-state index in [1.54, 1.807) is 0 Å². The van der Waals surface area contributed by atoms with Crippen molar-refractivity contribution in [1.82, 2.24) is 15.1 Å². The van der Waals surface area contributed by atoms with E-state index < -0.39 is 6.10 Å². The number of carbonyl (C=O) groups excluding carboxylic acids is 1. The van der Waals surface area contributed by atoms with Crippen LogP contribution in [0.25, 0.3) is 0 Å². The highest BCUT2D eigenvalue weighted by Gasteiger charge is 2.31. The average molecular weight is 326 g/mol. The zero-order valence-electron chi connectivity index (χ0n) is 12.6. The maximum atomic E-state index is 12.1. The summed E-state index contributed by atoms with van der Waals surface area (Å²) in [6.45, 7) is 5.52. The molecule has 1 amide bonds. The first kappa shape index (κ1) is 17.2. The quantitative estimate of drug-likeness (QED) is 0.847. The molecule has 2 aliphatic heterocycles. The minimum absolute atomic E-state index is 0. The van der Waals surface area contributed by atoms with Gasteiger partial charge >= 0.3 is 0 Å². The molecule has 0 bridgehead atoms. The van der Waals surface area contributed by atoms with Crippen LogP contribution in [0, 0.1) is 5.92 Å². The Labute approximate surface area is 137 Å². The number of β-amino-alcohol motifs (C(OH)–C–C–N with tert-alkyl or cyclic N) is 1. The number of amides is 1. The van der Waals surface area contributed by atoms with Crippen LogP contribution in [0.2, 0.25) is 0 Å². The van der Waals surface area contributed by atoms with Gasteiger partial charge in [0.05, 0.1) is 12.0 Å². The topological polar surface area (TPSA) is 55.8 Å². The molecule has 22 heavy (non-hydrogen) atoms. The number of rotatable bonds is 4. The van der Waals surface area contributed by atoms with Crippen LogP contribution in [0.4, 0.5) is 0 Å². The third-order valence-corrected chi connectivity index (χ3v) is 4.43. The van der Waals surface area contributed by atoms with Crippen LogP contribution in [0.3, 0.4) is 0 Å². The Morgan fingerprint density at radius 2 is 1.82 bits per heavy atom. The fraction of sp³-hybridized carbons (Fsp3) is 0.562. The summed E-state index contributed by atoms with van der Waals surface area (Å²) in [5, 5.41) is 13.4. The molecule has 3 rings (SSSR count). The fourth-order valence-corrected chi connectivity index (χ4v) is 2.90. The van der Waals surface area contributed by atoms with Crippen molar-refractivity contribution in [3.05, 3.63) is 35.9 Å². The van der Waals surface area contributed by atoms with Crippen LogP contribution >= 0.6 is 12.4 Å². The first-order chi connectivity index (χ1) is 10.2. The molecule has 2 fully saturated rings. The Morgan fingerprint density at radius 1 is 1.18 bits per heavy atom. The highest BCUT2D eigenvalue weighted by atomic mass is 35.5. The van der Waals surface area contributed by atoms with E-state index >= 15 is 0 Å². The SMILES string of the molecule is Cl.O=C(C1CNC1)N1CCN(CC(O)c2ccccc2)CC1. The van der Waals surface area contributed by atoms with E-state index in [0.717, 1.165) is 44.8 Å². The lowest BCUT2D eigenvalue weighted by Gasteiger charge is -2.39. The molecule has 0 aliphatic carbocycles. The van der Waals surface area contributed by atoms with E-state index in [0.29, 0.717) is 6.54 Å². The van der Waals surface area contributed by atoms with E-state index in [1.165, 1.54) is 0 Å². The lowest BCUT2D eigenvalue weighted by atomic mass is 10.0. The van der Waals surface area contributed by atoms with Gasteiger partial charge in [-0.2, -0.15) is 0 Å². The first-order valence-corrected chi connectivity index (χ1v) is 7.69. The molecular weight excluding hydrogens is 302 g/mol. The van der Waals surface area contributed by atoms with Gasteiger partial charge in [-0.05, 0) is 5.56 Å². The molecule has 122 valence electrons. The van der Waals surface area contributed by atoms with E-state index in [-0.39, 0.29) is 24.2 Å². The number of halogens is 1. The second-order valence-electron chi connectivity index (χ2n) is 5.91. The number of hydrogen-bond donors (Lipinski definition) is 2. The van der Waals surface area contributed by atoms with E-state index in [4.69, 9.17) is 0 Å². The molecule has 0 spiro atoms. The van der Waals surface area contributed by atoms with Gasteiger partial charge in [0, 0.05) is 45.8 Å². The van der Waals surface area contributed by atoms with Crippen molar-refractivity contribution in [2.24, 2.45) is 5.92 Å². The third-order valence-electron chi connectivity index (χ3n) is 4.43. The molecule has 2 heterocycles. The fourth-order valence-electron chi connectivity index (χ4n) is 2.90. The monoisotopic (exact) mass is 325 g/mol.